The van der Waals surface area contributed by atoms with Crippen LogP contribution in [0.15, 0.2) is 54.9 Å². The third-order valence-corrected chi connectivity index (χ3v) is 6.00. The Morgan fingerprint density at radius 1 is 1.22 bits per heavy atom. The van der Waals surface area contributed by atoms with Gasteiger partial charge in [-0.1, -0.05) is 11.6 Å². The number of halogens is 1. The zero-order valence-corrected chi connectivity index (χ0v) is 19.9. The molecule has 11 nitrogen and oxygen atoms in total. The van der Waals surface area contributed by atoms with Gasteiger partial charge in [-0.3, -0.25) is 9.59 Å². The van der Waals surface area contributed by atoms with Crippen LogP contribution in [-0.2, 0) is 9.59 Å². The number of nitrogens with zero attached hydrogens (tertiary/aromatic N) is 4. The monoisotopic (exact) mass is 509 g/mol. The van der Waals surface area contributed by atoms with Crippen molar-refractivity contribution in [3.8, 4) is 5.69 Å². The lowest BCUT2D eigenvalue weighted by atomic mass is 9.98. The predicted octanol–water partition coefficient (Wildman–Crippen LogP) is 2.15. The molecule has 1 aliphatic heterocycles. The third-order valence-electron chi connectivity index (χ3n) is 5.76. The normalized spacial score (nSPS) is 16.1. The van der Waals surface area contributed by atoms with Crippen LogP contribution in [0.25, 0.3) is 11.8 Å². The number of aromatic carboxylic acids is 1. The maximum Gasteiger partial charge on any atom is 0.335 e. The van der Waals surface area contributed by atoms with E-state index in [0.717, 1.165) is 19.5 Å². The first kappa shape index (κ1) is 25.0. The third kappa shape index (κ3) is 6.52. The number of hydrogen-bond donors (Lipinski definition) is 4. The van der Waals surface area contributed by atoms with Crippen molar-refractivity contribution in [1.82, 2.24) is 30.8 Å². The fourth-order valence-corrected chi connectivity index (χ4v) is 4.11. The fraction of sp³-hybridized carbons (Fsp3) is 0.250. The number of carbonyl (C=O) groups is 3. The number of anilines is 1. The Bertz CT molecular complexity index is 1260. The number of hydrogen-bond acceptors (Lipinski definition) is 7. The van der Waals surface area contributed by atoms with E-state index in [1.807, 2.05) is 0 Å². The minimum atomic E-state index is -1.05. The highest BCUT2D eigenvalue weighted by Crippen LogP contribution is 2.21. The smallest absolute Gasteiger partial charge is 0.335 e. The summed E-state index contributed by atoms with van der Waals surface area (Å²) < 4.78 is 1.45. The molecule has 2 atom stereocenters. The minimum Gasteiger partial charge on any atom is -0.478 e. The van der Waals surface area contributed by atoms with Gasteiger partial charge in [0.25, 0.3) is 0 Å². The number of carboxylic acids is 1. The fourth-order valence-electron chi connectivity index (χ4n) is 3.93. The van der Waals surface area contributed by atoms with Gasteiger partial charge >= 0.3 is 5.97 Å². The molecule has 3 aromatic rings. The van der Waals surface area contributed by atoms with Gasteiger partial charge in [-0.25, -0.2) is 4.79 Å². The van der Waals surface area contributed by atoms with Crippen LogP contribution in [0.1, 0.15) is 28.8 Å². The molecule has 1 aliphatic rings. The molecule has 186 valence electrons. The van der Waals surface area contributed by atoms with Crippen molar-refractivity contribution in [2.75, 3.05) is 18.4 Å². The molecular weight excluding hydrogens is 486 g/mol. The van der Waals surface area contributed by atoms with Gasteiger partial charge in [0.15, 0.2) is 0 Å². The van der Waals surface area contributed by atoms with Crippen molar-refractivity contribution in [1.29, 1.82) is 0 Å². The second-order valence-electron chi connectivity index (χ2n) is 8.32. The number of rotatable bonds is 9. The van der Waals surface area contributed by atoms with Gasteiger partial charge in [0.05, 0.1) is 11.3 Å². The number of carbonyl (C=O) groups excluding carboxylic acids is 2. The summed E-state index contributed by atoms with van der Waals surface area (Å²) in [6, 6.07) is 10.1. The molecule has 2 amide bonds. The molecule has 1 unspecified atom stereocenters. The molecule has 4 rings (SSSR count). The van der Waals surface area contributed by atoms with E-state index < -0.39 is 17.9 Å². The molecule has 12 heteroatoms. The Morgan fingerprint density at radius 3 is 2.69 bits per heavy atom. The van der Waals surface area contributed by atoms with Crippen LogP contribution in [0, 0.1) is 5.92 Å². The number of benzene rings is 2. The van der Waals surface area contributed by atoms with Gasteiger partial charge in [0.1, 0.15) is 12.4 Å². The largest absolute Gasteiger partial charge is 0.478 e. The van der Waals surface area contributed by atoms with E-state index in [9.17, 15) is 14.4 Å². The van der Waals surface area contributed by atoms with Gasteiger partial charge < -0.3 is 21.1 Å². The van der Waals surface area contributed by atoms with Crippen LogP contribution in [-0.4, -0.2) is 62.2 Å². The van der Waals surface area contributed by atoms with Crippen LogP contribution < -0.4 is 16.0 Å². The number of aromatic nitrogens is 4. The Labute approximate surface area is 211 Å². The van der Waals surface area contributed by atoms with Crippen molar-refractivity contribution in [2.45, 2.75) is 18.9 Å². The molecular formula is C24H24ClN7O4. The maximum absolute atomic E-state index is 13.1. The summed E-state index contributed by atoms with van der Waals surface area (Å²) in [5.41, 5.74) is 1.80. The van der Waals surface area contributed by atoms with Crippen LogP contribution in [0.5, 0.6) is 0 Å². The Kier molecular flexibility index (Phi) is 8.03. The summed E-state index contributed by atoms with van der Waals surface area (Å²) in [7, 11) is 0. The highest BCUT2D eigenvalue weighted by Gasteiger charge is 2.26. The van der Waals surface area contributed by atoms with Gasteiger partial charge in [0.2, 0.25) is 11.8 Å². The molecule has 0 spiro atoms. The highest BCUT2D eigenvalue weighted by molar-refractivity contribution is 6.30. The summed E-state index contributed by atoms with van der Waals surface area (Å²) in [4.78, 5) is 36.9. The molecule has 2 aromatic carbocycles. The number of amides is 2. The number of carboxylic acid groups (broad SMARTS) is 1. The highest BCUT2D eigenvalue weighted by atomic mass is 35.5. The SMILES string of the molecule is O=C(/C=C/c1cc(Cl)ccc1-n1cnnn1)N[C@@H](CC1CCNC1)C(=O)Nc1ccc(C(=O)O)cc1. The van der Waals surface area contributed by atoms with E-state index in [2.05, 4.69) is 31.5 Å². The zero-order valence-electron chi connectivity index (χ0n) is 19.1. The summed E-state index contributed by atoms with van der Waals surface area (Å²) in [5, 5.41) is 29.5. The van der Waals surface area contributed by atoms with Crippen molar-refractivity contribution in [3.63, 3.8) is 0 Å². The number of tetrazole rings is 1. The summed E-state index contributed by atoms with van der Waals surface area (Å²) in [6.45, 7) is 1.62. The van der Waals surface area contributed by atoms with Gasteiger partial charge in [0, 0.05) is 22.3 Å². The number of nitrogens with one attached hydrogen (secondary N) is 3. The summed E-state index contributed by atoms with van der Waals surface area (Å²) in [6.07, 6.45) is 5.70. The van der Waals surface area contributed by atoms with E-state index in [-0.39, 0.29) is 17.4 Å². The van der Waals surface area contributed by atoms with Gasteiger partial charge in [-0.15, -0.1) is 5.10 Å². The molecule has 0 radical (unpaired) electrons. The first-order valence-electron chi connectivity index (χ1n) is 11.3. The van der Waals surface area contributed by atoms with Crippen molar-refractivity contribution >= 4 is 41.1 Å². The predicted molar refractivity (Wildman–Crippen MR) is 133 cm³/mol. The Morgan fingerprint density at radius 2 is 2.03 bits per heavy atom. The molecule has 4 N–H and O–H groups in total. The van der Waals surface area contributed by atoms with E-state index in [1.165, 1.54) is 41.4 Å². The van der Waals surface area contributed by atoms with Crippen molar-refractivity contribution < 1.29 is 19.5 Å². The molecule has 2 heterocycles. The lowest BCUT2D eigenvalue weighted by Gasteiger charge is -2.20. The van der Waals surface area contributed by atoms with Crippen LogP contribution >= 0.6 is 11.6 Å². The average Bonchev–Trinajstić information content (AvgIpc) is 3.57. The lowest BCUT2D eigenvalue weighted by molar-refractivity contribution is -0.124. The first-order chi connectivity index (χ1) is 17.4. The zero-order chi connectivity index (χ0) is 25.5. The molecule has 36 heavy (non-hydrogen) atoms. The quantitative estimate of drug-likeness (QED) is 0.320. The molecule has 0 aliphatic carbocycles. The first-order valence-corrected chi connectivity index (χ1v) is 11.6. The van der Waals surface area contributed by atoms with Gasteiger partial charge in [-0.05, 0) is 90.8 Å². The minimum absolute atomic E-state index is 0.113. The topological polar surface area (TPSA) is 151 Å². The van der Waals surface area contributed by atoms with Crippen molar-refractivity contribution in [3.05, 3.63) is 71.0 Å². The lowest BCUT2D eigenvalue weighted by Crippen LogP contribution is -2.44. The average molecular weight is 510 g/mol. The molecule has 0 bridgehead atoms. The Balaban J connectivity index is 1.47. The van der Waals surface area contributed by atoms with E-state index in [4.69, 9.17) is 16.7 Å². The van der Waals surface area contributed by atoms with Gasteiger partial charge in [-0.2, -0.15) is 4.68 Å². The standard InChI is InChI=1S/C24H24ClN7O4/c25-18-4-7-21(32-14-27-30-31-32)17(12-18)3-8-22(33)29-20(11-15-9-10-26-13-15)23(34)28-19-5-1-16(2-6-19)24(35)36/h1-8,12,14-15,20,26H,9-11,13H2,(H,28,34)(H,29,33)(H,35,36)/b8-3+/t15?,20-/m0/s1. The molecule has 1 saturated heterocycles. The maximum atomic E-state index is 13.1. The van der Waals surface area contributed by atoms with Crippen LogP contribution in [0.3, 0.4) is 0 Å². The van der Waals surface area contributed by atoms with E-state index in [0.29, 0.717) is 28.4 Å². The summed E-state index contributed by atoms with van der Waals surface area (Å²) in [5.74, 6) is -1.66. The molecule has 1 fully saturated rings. The molecule has 1 aromatic heterocycles. The van der Waals surface area contributed by atoms with E-state index >= 15 is 0 Å². The molecule has 0 saturated carbocycles. The van der Waals surface area contributed by atoms with Crippen LogP contribution in [0.2, 0.25) is 5.02 Å². The Hall–Kier alpha value is -4.09. The van der Waals surface area contributed by atoms with Crippen molar-refractivity contribution in [2.24, 2.45) is 5.92 Å². The second kappa shape index (κ2) is 11.6. The second-order valence-corrected chi connectivity index (χ2v) is 8.75. The summed E-state index contributed by atoms with van der Waals surface area (Å²) >= 11 is 6.13. The van der Waals surface area contributed by atoms with Crippen LogP contribution in [0.4, 0.5) is 5.69 Å². The van der Waals surface area contributed by atoms with E-state index in [1.54, 1.807) is 24.3 Å².